The normalized spacial score (nSPS) is 14.5. The monoisotopic (exact) mass is 340 g/mol. The van der Waals surface area contributed by atoms with E-state index in [1.165, 1.54) is 0 Å². The number of pyridine rings is 2. The van der Waals surface area contributed by atoms with E-state index >= 15 is 0 Å². The molecule has 2 aromatic heterocycles. The highest BCUT2D eigenvalue weighted by Crippen LogP contribution is 2.36. The molecule has 1 aliphatic heterocycles. The largest absolute Gasteiger partial charge is 0.329 e. The number of carbonyl (C=O) groups excluding carboxylic acids is 1. The summed E-state index contributed by atoms with van der Waals surface area (Å²) in [5.41, 5.74) is 3.61. The van der Waals surface area contributed by atoms with Crippen LogP contribution >= 0.6 is 0 Å². The number of hydrogen-bond acceptors (Lipinski definition) is 3. The van der Waals surface area contributed by atoms with Gasteiger partial charge in [0.15, 0.2) is 0 Å². The van der Waals surface area contributed by atoms with Crippen LogP contribution in [0.25, 0.3) is 21.8 Å². The molecular formula is C21H16N4O. The molecule has 0 N–H and O–H groups in total. The fraction of sp³-hybridized carbons (Fsp3) is 0.0952. The zero-order valence-corrected chi connectivity index (χ0v) is 14.0. The van der Waals surface area contributed by atoms with E-state index in [-0.39, 0.29) is 6.03 Å². The molecule has 26 heavy (non-hydrogen) atoms. The van der Waals surface area contributed by atoms with Gasteiger partial charge in [-0.2, -0.15) is 0 Å². The highest BCUT2D eigenvalue weighted by Gasteiger charge is 2.32. The Balaban J connectivity index is 1.70. The second kappa shape index (κ2) is 5.81. The highest BCUT2D eigenvalue weighted by atomic mass is 16.2. The summed E-state index contributed by atoms with van der Waals surface area (Å²) in [6, 6.07) is 19.7. The van der Waals surface area contributed by atoms with E-state index in [1.54, 1.807) is 17.3 Å². The van der Waals surface area contributed by atoms with Crippen LogP contribution in [-0.4, -0.2) is 29.1 Å². The minimum Gasteiger partial charge on any atom is -0.292 e. The summed E-state index contributed by atoms with van der Waals surface area (Å²) in [6.07, 6.45) is 3.42. The van der Waals surface area contributed by atoms with Gasteiger partial charge in [-0.3, -0.25) is 14.8 Å². The molecular weight excluding hydrogens is 324 g/mol. The van der Waals surface area contributed by atoms with E-state index in [2.05, 4.69) is 4.98 Å². The van der Waals surface area contributed by atoms with Gasteiger partial charge in [0.2, 0.25) is 0 Å². The van der Waals surface area contributed by atoms with Crippen LogP contribution in [0.2, 0.25) is 0 Å². The van der Waals surface area contributed by atoms with Crippen LogP contribution in [0.4, 0.5) is 16.2 Å². The fourth-order valence-corrected chi connectivity index (χ4v) is 3.62. The van der Waals surface area contributed by atoms with Gasteiger partial charge >= 0.3 is 6.03 Å². The minimum absolute atomic E-state index is 0.0160. The van der Waals surface area contributed by atoms with Crippen LogP contribution in [0.1, 0.15) is 0 Å². The zero-order valence-electron chi connectivity index (χ0n) is 14.0. The Morgan fingerprint density at radius 1 is 0.731 bits per heavy atom. The molecule has 1 saturated heterocycles. The molecule has 0 aliphatic carbocycles. The van der Waals surface area contributed by atoms with Crippen molar-refractivity contribution in [2.75, 3.05) is 22.9 Å². The number of fused-ring (bicyclic) bond motifs is 2. The second-order valence-electron chi connectivity index (χ2n) is 6.29. The van der Waals surface area contributed by atoms with Gasteiger partial charge in [-0.1, -0.05) is 36.4 Å². The minimum atomic E-state index is -0.0160. The van der Waals surface area contributed by atoms with Gasteiger partial charge in [0.1, 0.15) is 0 Å². The van der Waals surface area contributed by atoms with E-state index in [4.69, 9.17) is 4.98 Å². The summed E-state index contributed by atoms with van der Waals surface area (Å²) in [5, 5.41) is 1.99. The molecule has 3 heterocycles. The standard InChI is InChI=1S/C21H16N4O/c26-21-24(15-9-11-22-12-10-15)13-14-25(21)20-16-5-1-3-7-18(16)23-19-8-4-2-6-17(19)20/h1-12H,13-14H2. The topological polar surface area (TPSA) is 49.3 Å². The van der Waals surface area contributed by atoms with Crippen LogP contribution in [-0.2, 0) is 0 Å². The van der Waals surface area contributed by atoms with E-state index in [1.807, 2.05) is 65.6 Å². The van der Waals surface area contributed by atoms with Crippen molar-refractivity contribution in [1.82, 2.24) is 9.97 Å². The second-order valence-corrected chi connectivity index (χ2v) is 6.29. The first-order valence-corrected chi connectivity index (χ1v) is 8.59. The predicted octanol–water partition coefficient (Wildman–Crippen LogP) is 4.23. The number of carbonyl (C=O) groups is 1. The van der Waals surface area contributed by atoms with Crippen molar-refractivity contribution in [3.8, 4) is 0 Å². The van der Waals surface area contributed by atoms with E-state index in [0.717, 1.165) is 33.2 Å². The Bertz CT molecular complexity index is 1070. The molecule has 2 aromatic carbocycles. The van der Waals surface area contributed by atoms with E-state index in [0.29, 0.717) is 13.1 Å². The number of rotatable bonds is 2. The third kappa shape index (κ3) is 2.21. The Morgan fingerprint density at radius 3 is 1.96 bits per heavy atom. The lowest BCUT2D eigenvalue weighted by Crippen LogP contribution is -2.32. The maximum absolute atomic E-state index is 13.2. The van der Waals surface area contributed by atoms with Crippen LogP contribution in [0.3, 0.4) is 0 Å². The highest BCUT2D eigenvalue weighted by molar-refractivity contribution is 6.17. The molecule has 126 valence electrons. The van der Waals surface area contributed by atoms with Crippen LogP contribution < -0.4 is 9.80 Å². The van der Waals surface area contributed by atoms with Crippen molar-refractivity contribution in [3.63, 3.8) is 0 Å². The van der Waals surface area contributed by atoms with Crippen LogP contribution in [0.15, 0.2) is 73.1 Å². The van der Waals surface area contributed by atoms with E-state index < -0.39 is 0 Å². The summed E-state index contributed by atoms with van der Waals surface area (Å²) in [4.78, 5) is 25.7. The lowest BCUT2D eigenvalue weighted by Gasteiger charge is -2.21. The molecule has 0 unspecified atom stereocenters. The lowest BCUT2D eigenvalue weighted by atomic mass is 10.1. The van der Waals surface area contributed by atoms with Gasteiger partial charge in [0, 0.05) is 41.9 Å². The summed E-state index contributed by atoms with van der Waals surface area (Å²) in [5.74, 6) is 0. The lowest BCUT2D eigenvalue weighted by molar-refractivity contribution is 0.256. The summed E-state index contributed by atoms with van der Waals surface area (Å²) < 4.78 is 0. The summed E-state index contributed by atoms with van der Waals surface area (Å²) in [6.45, 7) is 1.28. The smallest absolute Gasteiger partial charge is 0.292 e. The molecule has 5 heteroatoms. The fourth-order valence-electron chi connectivity index (χ4n) is 3.62. The van der Waals surface area contributed by atoms with Crippen molar-refractivity contribution in [2.24, 2.45) is 0 Å². The Kier molecular flexibility index (Phi) is 3.31. The van der Waals surface area contributed by atoms with Gasteiger partial charge in [-0.25, -0.2) is 9.78 Å². The number of benzene rings is 2. The van der Waals surface area contributed by atoms with Crippen molar-refractivity contribution in [1.29, 1.82) is 0 Å². The Morgan fingerprint density at radius 2 is 1.31 bits per heavy atom. The Labute approximate surface area is 150 Å². The quantitative estimate of drug-likeness (QED) is 0.513. The van der Waals surface area contributed by atoms with Gasteiger partial charge < -0.3 is 0 Å². The average molecular weight is 340 g/mol. The van der Waals surface area contributed by atoms with Gasteiger partial charge in [-0.05, 0) is 24.3 Å². The molecule has 0 saturated carbocycles. The molecule has 0 atom stereocenters. The van der Waals surface area contributed by atoms with Crippen LogP contribution in [0.5, 0.6) is 0 Å². The first kappa shape index (κ1) is 14.8. The molecule has 5 rings (SSSR count). The number of hydrogen-bond donors (Lipinski definition) is 0. The number of nitrogens with zero attached hydrogens (tertiary/aromatic N) is 4. The third-order valence-corrected chi connectivity index (χ3v) is 4.81. The van der Waals surface area contributed by atoms with Gasteiger partial charge in [-0.15, -0.1) is 0 Å². The molecule has 1 aliphatic rings. The van der Waals surface area contributed by atoms with Gasteiger partial charge in [0.05, 0.1) is 16.7 Å². The first-order chi connectivity index (χ1) is 12.8. The molecule has 0 spiro atoms. The first-order valence-electron chi connectivity index (χ1n) is 8.59. The van der Waals surface area contributed by atoms with Crippen LogP contribution in [0, 0.1) is 0 Å². The number of aromatic nitrogens is 2. The zero-order chi connectivity index (χ0) is 17.5. The van der Waals surface area contributed by atoms with Crippen molar-refractivity contribution in [3.05, 3.63) is 73.1 Å². The van der Waals surface area contributed by atoms with E-state index in [9.17, 15) is 4.79 Å². The molecule has 5 nitrogen and oxygen atoms in total. The molecule has 2 amide bonds. The predicted molar refractivity (Wildman–Crippen MR) is 104 cm³/mol. The number of urea groups is 1. The van der Waals surface area contributed by atoms with Crippen molar-refractivity contribution >= 4 is 39.2 Å². The number of amides is 2. The van der Waals surface area contributed by atoms with Crippen molar-refractivity contribution < 1.29 is 4.79 Å². The molecule has 0 bridgehead atoms. The summed E-state index contributed by atoms with van der Waals surface area (Å²) in [7, 11) is 0. The molecule has 0 radical (unpaired) electrons. The molecule has 4 aromatic rings. The Hall–Kier alpha value is -3.47. The maximum atomic E-state index is 13.2. The number of anilines is 2. The SMILES string of the molecule is O=C1N(c2ccncc2)CCN1c1c2ccccc2nc2ccccc12. The third-order valence-electron chi connectivity index (χ3n) is 4.81. The maximum Gasteiger partial charge on any atom is 0.329 e. The number of para-hydroxylation sites is 2. The summed E-state index contributed by atoms with van der Waals surface area (Å²) >= 11 is 0. The average Bonchev–Trinajstić information content (AvgIpc) is 3.08. The van der Waals surface area contributed by atoms with Gasteiger partial charge in [0.25, 0.3) is 0 Å². The van der Waals surface area contributed by atoms with Crippen molar-refractivity contribution in [2.45, 2.75) is 0 Å². The molecule has 1 fully saturated rings.